The van der Waals surface area contributed by atoms with Crippen LogP contribution in [0.4, 0.5) is 0 Å². The number of nitrogens with one attached hydrogen (secondary N) is 1. The summed E-state index contributed by atoms with van der Waals surface area (Å²) in [6, 6.07) is 5.01. The van der Waals surface area contributed by atoms with Crippen LogP contribution in [0, 0.1) is 5.92 Å². The van der Waals surface area contributed by atoms with Crippen molar-refractivity contribution >= 4 is 17.8 Å². The molecule has 1 aliphatic heterocycles. The molecule has 0 bridgehead atoms. The van der Waals surface area contributed by atoms with E-state index in [9.17, 15) is 14.4 Å². The summed E-state index contributed by atoms with van der Waals surface area (Å²) in [6.45, 7) is 1.15. The number of nitrogens with zero attached hydrogens (tertiary/aromatic N) is 2. The summed E-state index contributed by atoms with van der Waals surface area (Å²) in [5.74, 6) is -1.11. The molecule has 0 saturated carbocycles. The van der Waals surface area contributed by atoms with Crippen LogP contribution in [0.15, 0.2) is 24.4 Å². The maximum absolute atomic E-state index is 12.2. The summed E-state index contributed by atoms with van der Waals surface area (Å²) in [5.41, 5.74) is 0.276. The van der Waals surface area contributed by atoms with Crippen molar-refractivity contribution in [1.29, 1.82) is 0 Å². The fourth-order valence-electron chi connectivity index (χ4n) is 2.71. The van der Waals surface area contributed by atoms with Gasteiger partial charge in [0.2, 0.25) is 5.91 Å². The summed E-state index contributed by atoms with van der Waals surface area (Å²) in [6.07, 6.45) is 4.04. The maximum atomic E-state index is 12.2. The van der Waals surface area contributed by atoms with Gasteiger partial charge in [0, 0.05) is 25.7 Å². The lowest BCUT2D eigenvalue weighted by atomic mass is 9.93. The molecule has 1 saturated heterocycles. The zero-order valence-corrected chi connectivity index (χ0v) is 12.9. The number of aromatic nitrogens is 1. The van der Waals surface area contributed by atoms with Gasteiger partial charge in [0.05, 0.1) is 6.54 Å². The van der Waals surface area contributed by atoms with Gasteiger partial charge in [-0.2, -0.15) is 0 Å². The van der Waals surface area contributed by atoms with E-state index in [1.165, 1.54) is 6.20 Å². The van der Waals surface area contributed by atoms with Gasteiger partial charge in [0.15, 0.2) is 0 Å². The third-order valence-electron chi connectivity index (χ3n) is 3.94. The van der Waals surface area contributed by atoms with Crippen molar-refractivity contribution in [2.45, 2.75) is 25.7 Å². The summed E-state index contributed by atoms with van der Waals surface area (Å²) < 4.78 is 0. The Morgan fingerprint density at radius 3 is 2.87 bits per heavy atom. The molecule has 2 amide bonds. The highest BCUT2D eigenvalue weighted by atomic mass is 16.4. The highest BCUT2D eigenvalue weighted by Gasteiger charge is 2.24. The van der Waals surface area contributed by atoms with Crippen LogP contribution in [0.25, 0.3) is 0 Å². The van der Waals surface area contributed by atoms with Gasteiger partial charge in [-0.3, -0.25) is 19.4 Å². The molecule has 1 aromatic heterocycles. The summed E-state index contributed by atoms with van der Waals surface area (Å²) in [7, 11) is 0. The molecule has 1 fully saturated rings. The van der Waals surface area contributed by atoms with Crippen LogP contribution in [0.3, 0.4) is 0 Å². The Labute approximate surface area is 134 Å². The van der Waals surface area contributed by atoms with Crippen molar-refractivity contribution in [3.8, 4) is 0 Å². The van der Waals surface area contributed by atoms with Crippen molar-refractivity contribution in [2.24, 2.45) is 5.92 Å². The molecule has 1 unspecified atom stereocenters. The molecule has 0 aromatic carbocycles. The molecule has 2 heterocycles. The third-order valence-corrected chi connectivity index (χ3v) is 3.94. The first-order valence-corrected chi connectivity index (χ1v) is 7.75. The molecule has 1 aliphatic rings. The standard InChI is InChI=1S/C16H21N3O4/c20-14(10-18-16(23)13-5-1-2-8-17-13)19-9-3-4-12(11-19)6-7-15(21)22/h1-2,5,8,12H,3-4,6-7,9-11H2,(H,18,23)(H,21,22). The van der Waals surface area contributed by atoms with Gasteiger partial charge in [-0.25, -0.2) is 0 Å². The largest absolute Gasteiger partial charge is 0.481 e. The number of aliphatic carboxylic acids is 1. The number of hydrogen-bond donors (Lipinski definition) is 2. The van der Waals surface area contributed by atoms with Crippen molar-refractivity contribution in [3.05, 3.63) is 30.1 Å². The van der Waals surface area contributed by atoms with Crippen LogP contribution in [0.1, 0.15) is 36.2 Å². The number of carboxylic acids is 1. The Morgan fingerprint density at radius 1 is 1.35 bits per heavy atom. The van der Waals surface area contributed by atoms with E-state index < -0.39 is 5.97 Å². The van der Waals surface area contributed by atoms with E-state index in [2.05, 4.69) is 10.3 Å². The Kier molecular flexibility index (Phi) is 6.08. The average molecular weight is 319 g/mol. The summed E-state index contributed by atoms with van der Waals surface area (Å²) >= 11 is 0. The molecule has 0 spiro atoms. The maximum Gasteiger partial charge on any atom is 0.303 e. The normalized spacial score (nSPS) is 17.6. The Hall–Kier alpha value is -2.44. The third kappa shape index (κ3) is 5.36. The fraction of sp³-hybridized carbons (Fsp3) is 0.500. The lowest BCUT2D eigenvalue weighted by Gasteiger charge is -2.32. The number of carboxylic acid groups (broad SMARTS) is 1. The smallest absolute Gasteiger partial charge is 0.303 e. The first kappa shape index (κ1) is 16.9. The molecule has 0 radical (unpaired) electrons. The molecular formula is C16H21N3O4. The Bertz CT molecular complexity index is 562. The summed E-state index contributed by atoms with van der Waals surface area (Å²) in [4.78, 5) is 40.3. The summed E-state index contributed by atoms with van der Waals surface area (Å²) in [5, 5.41) is 11.3. The molecule has 0 aliphatic carbocycles. The van der Waals surface area contributed by atoms with Gasteiger partial charge in [0.1, 0.15) is 5.69 Å². The molecule has 23 heavy (non-hydrogen) atoms. The Balaban J connectivity index is 1.78. The first-order chi connectivity index (χ1) is 11.1. The number of hydrogen-bond acceptors (Lipinski definition) is 4. The highest BCUT2D eigenvalue weighted by molar-refractivity contribution is 5.94. The van der Waals surface area contributed by atoms with Crippen LogP contribution in [0.2, 0.25) is 0 Å². The monoisotopic (exact) mass is 319 g/mol. The number of pyridine rings is 1. The number of carbonyl (C=O) groups excluding carboxylic acids is 2. The second-order valence-corrected chi connectivity index (χ2v) is 5.68. The van der Waals surface area contributed by atoms with Crippen molar-refractivity contribution in [2.75, 3.05) is 19.6 Å². The van der Waals surface area contributed by atoms with Gasteiger partial charge in [-0.1, -0.05) is 6.07 Å². The van der Waals surface area contributed by atoms with E-state index in [0.717, 1.165) is 12.8 Å². The predicted molar refractivity (Wildman–Crippen MR) is 82.7 cm³/mol. The molecule has 2 N–H and O–H groups in total. The average Bonchev–Trinajstić information content (AvgIpc) is 2.58. The van der Waals surface area contributed by atoms with Crippen molar-refractivity contribution in [3.63, 3.8) is 0 Å². The number of rotatable bonds is 6. The molecule has 124 valence electrons. The van der Waals surface area contributed by atoms with E-state index in [1.807, 2.05) is 0 Å². The van der Waals surface area contributed by atoms with Gasteiger partial charge >= 0.3 is 5.97 Å². The second-order valence-electron chi connectivity index (χ2n) is 5.68. The van der Waals surface area contributed by atoms with E-state index in [1.54, 1.807) is 23.1 Å². The molecule has 7 nitrogen and oxygen atoms in total. The zero-order valence-electron chi connectivity index (χ0n) is 12.9. The predicted octanol–water partition coefficient (Wildman–Crippen LogP) is 0.915. The van der Waals surface area contributed by atoms with Crippen molar-refractivity contribution in [1.82, 2.24) is 15.2 Å². The van der Waals surface area contributed by atoms with Gasteiger partial charge in [0.25, 0.3) is 5.91 Å². The molecular weight excluding hydrogens is 298 g/mol. The van der Waals surface area contributed by atoms with Crippen LogP contribution < -0.4 is 5.32 Å². The van der Waals surface area contributed by atoms with Gasteiger partial charge in [-0.05, 0) is 37.3 Å². The van der Waals surface area contributed by atoms with E-state index in [0.29, 0.717) is 19.5 Å². The molecule has 1 atom stereocenters. The topological polar surface area (TPSA) is 99.6 Å². The fourth-order valence-corrected chi connectivity index (χ4v) is 2.71. The Morgan fingerprint density at radius 2 is 2.17 bits per heavy atom. The number of carbonyl (C=O) groups is 3. The van der Waals surface area contributed by atoms with Crippen LogP contribution in [-0.4, -0.2) is 52.4 Å². The van der Waals surface area contributed by atoms with Gasteiger partial charge in [-0.15, -0.1) is 0 Å². The lowest BCUT2D eigenvalue weighted by molar-refractivity contribution is -0.137. The molecule has 2 rings (SSSR count). The quantitative estimate of drug-likeness (QED) is 0.812. The van der Waals surface area contributed by atoms with Gasteiger partial charge < -0.3 is 15.3 Å². The highest BCUT2D eigenvalue weighted by Crippen LogP contribution is 2.20. The number of amides is 2. The van der Waals surface area contributed by atoms with Crippen LogP contribution >= 0.6 is 0 Å². The lowest BCUT2D eigenvalue weighted by Crippen LogP contribution is -2.45. The van der Waals surface area contributed by atoms with Crippen LogP contribution in [-0.2, 0) is 9.59 Å². The minimum atomic E-state index is -0.809. The van der Waals surface area contributed by atoms with Crippen LogP contribution in [0.5, 0.6) is 0 Å². The zero-order chi connectivity index (χ0) is 16.7. The number of likely N-dealkylation sites (tertiary alicyclic amines) is 1. The van der Waals surface area contributed by atoms with Crippen molar-refractivity contribution < 1.29 is 19.5 Å². The SMILES string of the molecule is O=C(O)CCC1CCCN(C(=O)CNC(=O)c2ccccn2)C1. The molecule has 1 aromatic rings. The molecule has 7 heteroatoms. The number of piperidine rings is 1. The second kappa shape index (κ2) is 8.26. The minimum Gasteiger partial charge on any atom is -0.481 e. The van der Waals surface area contributed by atoms with E-state index >= 15 is 0 Å². The van der Waals surface area contributed by atoms with E-state index in [4.69, 9.17) is 5.11 Å². The van der Waals surface area contributed by atoms with E-state index in [-0.39, 0.29) is 36.4 Å². The first-order valence-electron chi connectivity index (χ1n) is 7.75. The minimum absolute atomic E-state index is 0.0684.